The molecule has 0 aromatic heterocycles. The molecule has 1 aliphatic rings. The number of likely N-dealkylation sites (tertiary alicyclic amines) is 1. The largest absolute Gasteiger partial charge is 0.480 e. The van der Waals surface area contributed by atoms with Gasteiger partial charge in [-0.1, -0.05) is 0 Å². The third-order valence-corrected chi connectivity index (χ3v) is 3.03. The lowest BCUT2D eigenvalue weighted by atomic mass is 10.2. The molecule has 2 atom stereocenters. The van der Waals surface area contributed by atoms with Crippen LogP contribution in [0.1, 0.15) is 12.8 Å². The highest BCUT2D eigenvalue weighted by molar-refractivity contribution is 7.81. The summed E-state index contributed by atoms with van der Waals surface area (Å²) < 4.78 is 0. The number of carbonyl (C=O) groups is 2. The molecule has 1 N–H and O–H groups in total. The Morgan fingerprint density at radius 1 is 1.50 bits per heavy atom. The van der Waals surface area contributed by atoms with Crippen LogP contribution in [0.3, 0.4) is 0 Å². The molecule has 0 spiro atoms. The van der Waals surface area contributed by atoms with Gasteiger partial charge in [0.25, 0.3) is 0 Å². The van der Waals surface area contributed by atoms with Crippen molar-refractivity contribution in [2.45, 2.75) is 24.1 Å². The number of carbonyl (C=O) groups excluding carboxylic acids is 1. The topological polar surface area (TPSA) is 57.6 Å². The van der Waals surface area contributed by atoms with Gasteiger partial charge in [0.1, 0.15) is 6.04 Å². The van der Waals surface area contributed by atoms with Crippen LogP contribution in [0.4, 0.5) is 0 Å². The second-order valence-corrected chi connectivity index (χ2v) is 4.31. The van der Waals surface area contributed by atoms with E-state index in [0.29, 0.717) is 18.7 Å². The first-order chi connectivity index (χ1) is 6.57. The fraction of sp³-hybridized carbons (Fsp3) is 0.750. The molecule has 0 saturated carbocycles. The number of nitrogens with zero attached hydrogens (tertiary/aromatic N) is 1. The molecule has 0 bridgehead atoms. The molecule has 1 unspecified atom stereocenters. The van der Waals surface area contributed by atoms with E-state index in [-0.39, 0.29) is 17.6 Å². The quantitative estimate of drug-likeness (QED) is 0.616. The number of rotatable bonds is 3. The number of thiol groups is 2. The van der Waals surface area contributed by atoms with Gasteiger partial charge in [0.15, 0.2) is 0 Å². The van der Waals surface area contributed by atoms with Crippen LogP contribution in [-0.2, 0) is 9.59 Å². The van der Waals surface area contributed by atoms with Gasteiger partial charge in [-0.05, 0) is 12.2 Å². The number of carboxylic acid groups (broad SMARTS) is 1. The maximum atomic E-state index is 11.5. The minimum absolute atomic E-state index is 0.149. The molecule has 14 heavy (non-hydrogen) atoms. The zero-order valence-corrected chi connectivity index (χ0v) is 9.38. The number of aliphatic carboxylic acids is 1. The molecular weight excluding hydrogens is 222 g/mol. The van der Waals surface area contributed by atoms with Gasteiger partial charge in [0.2, 0.25) is 5.91 Å². The molecule has 1 rings (SSSR count). The van der Waals surface area contributed by atoms with Crippen LogP contribution in [0.5, 0.6) is 0 Å². The molecule has 0 aliphatic carbocycles. The Hall–Kier alpha value is -0.360. The highest BCUT2D eigenvalue weighted by Gasteiger charge is 2.39. The van der Waals surface area contributed by atoms with Crippen molar-refractivity contribution >= 4 is 37.1 Å². The molecule has 0 aromatic carbocycles. The number of amides is 1. The lowest BCUT2D eigenvalue weighted by Gasteiger charge is -2.22. The van der Waals surface area contributed by atoms with E-state index in [1.54, 1.807) is 0 Å². The number of hydrogen-bond donors (Lipinski definition) is 3. The van der Waals surface area contributed by atoms with Crippen molar-refractivity contribution in [2.24, 2.45) is 0 Å². The summed E-state index contributed by atoms with van der Waals surface area (Å²) in [5.41, 5.74) is 0. The van der Waals surface area contributed by atoms with Crippen LogP contribution in [0.25, 0.3) is 0 Å². The summed E-state index contributed by atoms with van der Waals surface area (Å²) in [6.07, 6.45) is 0.922. The lowest BCUT2D eigenvalue weighted by molar-refractivity contribution is -0.147. The van der Waals surface area contributed by atoms with Gasteiger partial charge in [-0.15, -0.1) is 0 Å². The Morgan fingerprint density at radius 3 is 2.64 bits per heavy atom. The van der Waals surface area contributed by atoms with E-state index in [9.17, 15) is 9.59 Å². The van der Waals surface area contributed by atoms with Gasteiger partial charge in [-0.3, -0.25) is 4.79 Å². The number of hydrogen-bond acceptors (Lipinski definition) is 4. The van der Waals surface area contributed by atoms with Crippen molar-refractivity contribution in [3.63, 3.8) is 0 Å². The Bertz CT molecular complexity index is 247. The normalized spacial score (nSPS) is 26.6. The highest BCUT2D eigenvalue weighted by Crippen LogP contribution is 2.23. The van der Waals surface area contributed by atoms with Crippen LogP contribution in [0, 0.1) is 0 Å². The number of carboxylic acids is 1. The standard InChI is InChI=1S/C8H13NO3S2/c10-6(2-4-13)9-3-1-5(14)7(9)8(11)12/h5,7,13-14H,1-4H2,(H,11,12)/t5?,7-/m0/s1. The monoisotopic (exact) mass is 235 g/mol. The molecule has 1 aliphatic heterocycles. The average Bonchev–Trinajstić information content (AvgIpc) is 2.47. The van der Waals surface area contributed by atoms with Crippen molar-refractivity contribution in [1.82, 2.24) is 4.90 Å². The van der Waals surface area contributed by atoms with Crippen molar-refractivity contribution in [3.8, 4) is 0 Å². The smallest absolute Gasteiger partial charge is 0.327 e. The second-order valence-electron chi connectivity index (χ2n) is 3.20. The molecule has 0 aromatic rings. The molecule has 1 amide bonds. The maximum absolute atomic E-state index is 11.5. The van der Waals surface area contributed by atoms with Gasteiger partial charge < -0.3 is 10.0 Å². The van der Waals surface area contributed by atoms with Crippen LogP contribution in [0.2, 0.25) is 0 Å². The van der Waals surface area contributed by atoms with Gasteiger partial charge >= 0.3 is 5.97 Å². The molecule has 6 heteroatoms. The molecular formula is C8H13NO3S2. The SMILES string of the molecule is O=C(O)[C@@H]1C(S)CCN1C(=O)CCS. The first kappa shape index (κ1) is 11.7. The van der Waals surface area contributed by atoms with Crippen molar-refractivity contribution in [3.05, 3.63) is 0 Å². The van der Waals surface area contributed by atoms with Crippen molar-refractivity contribution < 1.29 is 14.7 Å². The zero-order valence-electron chi connectivity index (χ0n) is 7.59. The Morgan fingerprint density at radius 2 is 2.14 bits per heavy atom. The summed E-state index contributed by atoms with van der Waals surface area (Å²) in [6, 6.07) is -0.772. The first-order valence-corrected chi connectivity index (χ1v) is 5.54. The van der Waals surface area contributed by atoms with Gasteiger partial charge in [-0.2, -0.15) is 25.3 Å². The van der Waals surface area contributed by atoms with Gasteiger partial charge in [0, 0.05) is 18.2 Å². The lowest BCUT2D eigenvalue weighted by Crippen LogP contribution is -2.43. The third kappa shape index (κ3) is 2.36. The van der Waals surface area contributed by atoms with Crippen molar-refractivity contribution in [2.75, 3.05) is 12.3 Å². The van der Waals surface area contributed by atoms with Crippen LogP contribution in [-0.4, -0.2) is 45.5 Å². The fourth-order valence-electron chi connectivity index (χ4n) is 1.59. The molecule has 1 heterocycles. The Kier molecular flexibility index (Phi) is 4.12. The van der Waals surface area contributed by atoms with Crippen LogP contribution < -0.4 is 0 Å². The van der Waals surface area contributed by atoms with E-state index in [0.717, 1.165) is 0 Å². The minimum Gasteiger partial charge on any atom is -0.480 e. The summed E-state index contributed by atoms with van der Waals surface area (Å²) in [7, 11) is 0. The molecule has 4 nitrogen and oxygen atoms in total. The van der Waals surface area contributed by atoms with E-state index >= 15 is 0 Å². The van der Waals surface area contributed by atoms with E-state index in [4.69, 9.17) is 5.11 Å². The summed E-state index contributed by atoms with van der Waals surface area (Å²) in [6.45, 7) is 0.484. The van der Waals surface area contributed by atoms with E-state index in [2.05, 4.69) is 25.3 Å². The zero-order chi connectivity index (χ0) is 10.7. The maximum Gasteiger partial charge on any atom is 0.327 e. The molecule has 80 valence electrons. The third-order valence-electron chi connectivity index (χ3n) is 2.27. The molecule has 0 radical (unpaired) electrons. The summed E-state index contributed by atoms with van der Waals surface area (Å²) in [5, 5.41) is 8.66. The van der Waals surface area contributed by atoms with Crippen LogP contribution >= 0.6 is 25.3 Å². The molecule has 1 fully saturated rings. The summed E-state index contributed by atoms with van der Waals surface area (Å²) in [4.78, 5) is 23.7. The van der Waals surface area contributed by atoms with E-state index in [1.807, 2.05) is 0 Å². The minimum atomic E-state index is -0.977. The predicted molar refractivity (Wildman–Crippen MR) is 59.0 cm³/mol. The van der Waals surface area contributed by atoms with Gasteiger partial charge in [-0.25, -0.2) is 4.79 Å². The first-order valence-electron chi connectivity index (χ1n) is 4.39. The fourth-order valence-corrected chi connectivity index (χ4v) is 2.19. The van der Waals surface area contributed by atoms with Crippen LogP contribution in [0.15, 0.2) is 0 Å². The Balaban J connectivity index is 2.69. The van der Waals surface area contributed by atoms with Crippen molar-refractivity contribution in [1.29, 1.82) is 0 Å². The van der Waals surface area contributed by atoms with E-state index < -0.39 is 12.0 Å². The van der Waals surface area contributed by atoms with E-state index in [1.165, 1.54) is 4.90 Å². The molecule has 1 saturated heterocycles. The summed E-state index contributed by atoms with van der Waals surface area (Å²) in [5.74, 6) is -0.683. The average molecular weight is 235 g/mol. The van der Waals surface area contributed by atoms with Gasteiger partial charge in [0.05, 0.1) is 0 Å². The highest BCUT2D eigenvalue weighted by atomic mass is 32.1. The second kappa shape index (κ2) is 4.93. The summed E-state index contributed by atoms with van der Waals surface area (Å²) >= 11 is 8.10. The Labute approximate surface area is 93.5 Å². The predicted octanol–water partition coefficient (Wildman–Crippen LogP) is 0.290.